The third-order valence-corrected chi connectivity index (χ3v) is 7.25. The standard InChI is InChI=1S/C24H20N6O5/c1-14-13-17-18-24(2,35-14)30-23(34)26(16-11-7-4-8-12-16)22(33)29(30)19(17)28-21(32)25(20(31)27(18)28)15-9-5-3-6-10-15/h3-13,17-19H,1-2H3. The summed E-state index contributed by atoms with van der Waals surface area (Å²) in [5.74, 6) is 0.113. The van der Waals surface area contributed by atoms with E-state index in [-0.39, 0.29) is 0 Å². The minimum Gasteiger partial charge on any atom is -0.469 e. The molecule has 35 heavy (non-hydrogen) atoms. The van der Waals surface area contributed by atoms with Crippen LogP contribution in [-0.4, -0.2) is 27.9 Å². The number of allylic oxidation sites excluding steroid dienone is 2. The Kier molecular flexibility index (Phi) is 3.59. The fraction of sp³-hybridized carbons (Fsp3) is 0.250. The monoisotopic (exact) mass is 472 g/mol. The number of hydrogen-bond acceptors (Lipinski definition) is 5. The molecule has 0 N–H and O–H groups in total. The van der Waals surface area contributed by atoms with Crippen LogP contribution >= 0.6 is 0 Å². The number of benzene rings is 2. The molecule has 0 radical (unpaired) electrons. The molecule has 2 aromatic carbocycles. The van der Waals surface area contributed by atoms with Crippen LogP contribution in [0.4, 0.5) is 0 Å². The van der Waals surface area contributed by atoms with Crippen LogP contribution in [0.1, 0.15) is 26.1 Å². The lowest BCUT2D eigenvalue weighted by Gasteiger charge is -2.46. The normalized spacial score (nSPS) is 25.5. The van der Waals surface area contributed by atoms with Gasteiger partial charge < -0.3 is 4.74 Å². The van der Waals surface area contributed by atoms with Crippen LogP contribution in [0.15, 0.2) is 91.7 Å². The highest BCUT2D eigenvalue weighted by atomic mass is 16.5. The van der Waals surface area contributed by atoms with E-state index in [1.165, 1.54) is 18.7 Å². The number of fused-ring (bicyclic) bond motifs is 5. The van der Waals surface area contributed by atoms with E-state index in [0.29, 0.717) is 17.1 Å². The van der Waals surface area contributed by atoms with E-state index >= 15 is 0 Å². The number of ether oxygens (including phenoxy) is 1. The lowest BCUT2D eigenvalue weighted by atomic mass is 9.86. The molecule has 2 aromatic heterocycles. The van der Waals surface area contributed by atoms with Crippen LogP contribution in [0.3, 0.4) is 0 Å². The summed E-state index contributed by atoms with van der Waals surface area (Å²) in [5, 5.41) is 0. The van der Waals surface area contributed by atoms with E-state index < -0.39 is 46.6 Å². The predicted octanol–water partition coefficient (Wildman–Crippen LogP) is 0.753. The van der Waals surface area contributed by atoms with Gasteiger partial charge in [0.15, 0.2) is 6.17 Å². The summed E-state index contributed by atoms with van der Waals surface area (Å²) in [6, 6.07) is 16.5. The molecule has 176 valence electrons. The second-order valence-corrected chi connectivity index (χ2v) is 9.19. The Balaban J connectivity index is 1.60. The van der Waals surface area contributed by atoms with E-state index in [1.54, 1.807) is 74.5 Å². The van der Waals surface area contributed by atoms with Gasteiger partial charge in [0.1, 0.15) is 6.04 Å². The zero-order chi connectivity index (χ0) is 24.2. The van der Waals surface area contributed by atoms with Crippen LogP contribution in [0, 0.1) is 5.92 Å². The van der Waals surface area contributed by atoms with Crippen molar-refractivity contribution in [2.24, 2.45) is 5.92 Å². The zero-order valence-electron chi connectivity index (χ0n) is 18.8. The summed E-state index contributed by atoms with van der Waals surface area (Å²) in [7, 11) is 0. The van der Waals surface area contributed by atoms with Crippen LogP contribution in [0.25, 0.3) is 11.4 Å². The molecule has 0 saturated heterocycles. The number of nitrogens with zero attached hydrogens (tertiary/aromatic N) is 6. The smallest absolute Gasteiger partial charge is 0.355 e. The third kappa shape index (κ3) is 2.20. The molecule has 7 rings (SSSR count). The molecule has 3 aliphatic heterocycles. The molecule has 0 saturated carbocycles. The van der Waals surface area contributed by atoms with E-state index in [4.69, 9.17) is 4.74 Å². The van der Waals surface area contributed by atoms with Crippen LogP contribution < -0.4 is 22.8 Å². The Bertz CT molecular complexity index is 1800. The van der Waals surface area contributed by atoms with Crippen molar-refractivity contribution in [1.82, 2.24) is 27.9 Å². The Morgan fingerprint density at radius 2 is 1.23 bits per heavy atom. The van der Waals surface area contributed by atoms with Gasteiger partial charge in [-0.3, -0.25) is 0 Å². The molecule has 0 spiro atoms. The van der Waals surface area contributed by atoms with Gasteiger partial charge >= 0.3 is 22.8 Å². The van der Waals surface area contributed by atoms with Gasteiger partial charge in [-0.1, -0.05) is 36.4 Å². The molecule has 0 aliphatic carbocycles. The molecule has 3 aliphatic rings. The van der Waals surface area contributed by atoms with Crippen molar-refractivity contribution in [2.75, 3.05) is 0 Å². The van der Waals surface area contributed by atoms with Crippen molar-refractivity contribution in [3.8, 4) is 11.4 Å². The summed E-state index contributed by atoms with van der Waals surface area (Å²) in [4.78, 5) is 54.9. The molecule has 5 heterocycles. The van der Waals surface area contributed by atoms with Gasteiger partial charge in [-0.15, -0.1) is 0 Å². The summed E-state index contributed by atoms with van der Waals surface area (Å²) < 4.78 is 13.5. The second-order valence-electron chi connectivity index (χ2n) is 9.19. The Labute approximate surface area is 196 Å². The van der Waals surface area contributed by atoms with E-state index in [9.17, 15) is 19.2 Å². The van der Waals surface area contributed by atoms with Gasteiger partial charge in [0.25, 0.3) is 0 Å². The third-order valence-electron chi connectivity index (χ3n) is 7.25. The van der Waals surface area contributed by atoms with Crippen molar-refractivity contribution < 1.29 is 4.74 Å². The molecule has 11 heteroatoms. The fourth-order valence-electron chi connectivity index (χ4n) is 6.03. The first kappa shape index (κ1) is 19.9. The highest BCUT2D eigenvalue weighted by Gasteiger charge is 2.63. The number of aromatic nitrogens is 6. The maximum Gasteiger partial charge on any atom is 0.355 e. The van der Waals surface area contributed by atoms with Crippen molar-refractivity contribution >= 4 is 0 Å². The molecule has 4 unspecified atom stereocenters. The number of para-hydroxylation sites is 2. The van der Waals surface area contributed by atoms with Gasteiger partial charge in [-0.05, 0) is 44.2 Å². The Hall–Kier alpha value is -4.54. The molecule has 0 fully saturated rings. The topological polar surface area (TPSA) is 107 Å². The summed E-state index contributed by atoms with van der Waals surface area (Å²) in [6.07, 6.45) is 0.908. The first-order chi connectivity index (χ1) is 16.8. The van der Waals surface area contributed by atoms with Crippen LogP contribution in [-0.2, 0) is 10.5 Å². The Morgan fingerprint density at radius 1 is 0.714 bits per heavy atom. The highest BCUT2D eigenvalue weighted by molar-refractivity contribution is 5.33. The van der Waals surface area contributed by atoms with Crippen molar-refractivity contribution in [1.29, 1.82) is 0 Å². The summed E-state index contributed by atoms with van der Waals surface area (Å²) in [6.45, 7) is 3.44. The quantitative estimate of drug-likeness (QED) is 0.428. The van der Waals surface area contributed by atoms with Crippen molar-refractivity contribution in [2.45, 2.75) is 31.8 Å². The van der Waals surface area contributed by atoms with E-state index in [0.717, 1.165) is 9.13 Å². The zero-order valence-corrected chi connectivity index (χ0v) is 18.8. The molecular formula is C24H20N6O5. The molecule has 11 nitrogen and oxygen atoms in total. The molecular weight excluding hydrogens is 452 g/mol. The van der Waals surface area contributed by atoms with Crippen LogP contribution in [0.5, 0.6) is 0 Å². The first-order valence-electron chi connectivity index (χ1n) is 11.3. The minimum absolute atomic E-state index is 0.405. The SMILES string of the molecule is CC1=CC2C3n4c(=O)n(-c5ccccc5)c(=O)n4C2C(C)(O1)n1c(=O)n(-c2ccccc2)c(=O)n13. The molecule has 4 aromatic rings. The van der Waals surface area contributed by atoms with Crippen molar-refractivity contribution in [3.05, 3.63) is 114 Å². The average molecular weight is 472 g/mol. The number of rotatable bonds is 2. The fourth-order valence-corrected chi connectivity index (χ4v) is 6.03. The Morgan fingerprint density at radius 3 is 1.83 bits per heavy atom. The van der Waals surface area contributed by atoms with E-state index in [1.807, 2.05) is 6.08 Å². The van der Waals surface area contributed by atoms with Gasteiger partial charge in [-0.25, -0.2) is 42.4 Å². The molecule has 4 atom stereocenters. The average Bonchev–Trinajstić information content (AvgIpc) is 3.37. The van der Waals surface area contributed by atoms with Crippen molar-refractivity contribution in [3.63, 3.8) is 0 Å². The lowest BCUT2D eigenvalue weighted by Crippen LogP contribution is -2.58. The maximum absolute atomic E-state index is 13.8. The lowest BCUT2D eigenvalue weighted by molar-refractivity contribution is -0.153. The largest absolute Gasteiger partial charge is 0.469 e. The van der Waals surface area contributed by atoms with Gasteiger partial charge in [0.2, 0.25) is 5.72 Å². The van der Waals surface area contributed by atoms with Gasteiger partial charge in [0, 0.05) is 0 Å². The van der Waals surface area contributed by atoms with E-state index in [2.05, 4.69) is 0 Å². The predicted molar refractivity (Wildman–Crippen MR) is 124 cm³/mol. The van der Waals surface area contributed by atoms with Crippen LogP contribution in [0.2, 0.25) is 0 Å². The first-order valence-corrected chi connectivity index (χ1v) is 11.3. The summed E-state index contributed by atoms with van der Waals surface area (Å²) in [5.41, 5.74) is -2.95. The minimum atomic E-state index is -1.42. The maximum atomic E-state index is 13.8. The van der Waals surface area contributed by atoms with Gasteiger partial charge in [-0.2, -0.15) is 4.68 Å². The summed E-state index contributed by atoms with van der Waals surface area (Å²) >= 11 is 0. The number of hydrogen-bond donors (Lipinski definition) is 0. The molecule has 0 amide bonds. The second kappa shape index (κ2) is 6.32. The highest BCUT2D eigenvalue weighted by Crippen LogP contribution is 2.53. The molecule has 4 bridgehead atoms. The van der Waals surface area contributed by atoms with Gasteiger partial charge in [0.05, 0.1) is 23.1 Å².